The van der Waals surface area contributed by atoms with Crippen molar-refractivity contribution in [3.63, 3.8) is 0 Å². The van der Waals surface area contributed by atoms with Crippen LogP contribution in [0.4, 0.5) is 5.69 Å². The summed E-state index contributed by atoms with van der Waals surface area (Å²) in [7, 11) is 0. The van der Waals surface area contributed by atoms with Gasteiger partial charge in [0.2, 0.25) is 11.8 Å². The van der Waals surface area contributed by atoms with Crippen molar-refractivity contribution < 1.29 is 19.5 Å². The van der Waals surface area contributed by atoms with E-state index in [9.17, 15) is 19.5 Å². The van der Waals surface area contributed by atoms with Gasteiger partial charge in [0.15, 0.2) is 0 Å². The first kappa shape index (κ1) is 18.3. The number of carboxylic acid groups (broad SMARTS) is 1. The Morgan fingerprint density at radius 2 is 1.96 bits per heavy atom. The van der Waals surface area contributed by atoms with Crippen molar-refractivity contribution in [1.29, 1.82) is 0 Å². The molecule has 0 radical (unpaired) electrons. The van der Waals surface area contributed by atoms with E-state index in [0.717, 1.165) is 12.0 Å². The molecule has 1 fully saturated rings. The lowest BCUT2D eigenvalue weighted by atomic mass is 9.66. The Morgan fingerprint density at radius 1 is 1.25 bits per heavy atom. The first-order valence-corrected chi connectivity index (χ1v) is 8.27. The molecule has 0 aliphatic heterocycles. The minimum atomic E-state index is -0.918. The predicted octanol–water partition coefficient (Wildman–Crippen LogP) is 2.74. The van der Waals surface area contributed by atoms with Crippen LogP contribution < -0.4 is 10.6 Å². The zero-order chi connectivity index (χ0) is 17.7. The monoisotopic (exact) mass is 352 g/mol. The summed E-state index contributed by atoms with van der Waals surface area (Å²) in [4.78, 5) is 35.0. The number of benzene rings is 1. The first-order chi connectivity index (χ1) is 11.3. The van der Waals surface area contributed by atoms with Crippen LogP contribution in [0.25, 0.3) is 0 Å². The highest BCUT2D eigenvalue weighted by Gasteiger charge is 2.45. The van der Waals surface area contributed by atoms with Crippen LogP contribution >= 0.6 is 11.6 Å². The van der Waals surface area contributed by atoms with Crippen molar-refractivity contribution in [3.8, 4) is 0 Å². The van der Waals surface area contributed by atoms with Crippen LogP contribution in [0.1, 0.15) is 37.7 Å². The van der Waals surface area contributed by atoms with E-state index in [-0.39, 0.29) is 31.2 Å². The number of hydrogen-bond acceptors (Lipinski definition) is 3. The number of amides is 2. The van der Waals surface area contributed by atoms with Gasteiger partial charge in [-0.15, -0.1) is 0 Å². The summed E-state index contributed by atoms with van der Waals surface area (Å²) in [5.74, 6) is -1.49. The largest absolute Gasteiger partial charge is 0.481 e. The van der Waals surface area contributed by atoms with E-state index in [1.807, 2.05) is 6.92 Å². The summed E-state index contributed by atoms with van der Waals surface area (Å²) >= 11 is 5.99. The quantitative estimate of drug-likeness (QED) is 0.703. The molecule has 1 aromatic carbocycles. The molecule has 1 aliphatic carbocycles. The smallest absolute Gasteiger partial charge is 0.310 e. The van der Waals surface area contributed by atoms with Gasteiger partial charge in [0.25, 0.3) is 0 Å². The van der Waals surface area contributed by atoms with Crippen molar-refractivity contribution in [3.05, 3.63) is 28.8 Å². The fraction of sp³-hybridized carbons (Fsp3) is 0.471. The van der Waals surface area contributed by atoms with Crippen molar-refractivity contribution in [2.75, 3.05) is 11.9 Å². The number of aliphatic carboxylic acids is 1. The third-order valence-electron chi connectivity index (χ3n) is 4.48. The zero-order valence-electron chi connectivity index (χ0n) is 13.5. The summed E-state index contributed by atoms with van der Waals surface area (Å²) in [5, 5.41) is 15.1. The van der Waals surface area contributed by atoms with Crippen LogP contribution in [-0.4, -0.2) is 29.4 Å². The molecule has 24 heavy (non-hydrogen) atoms. The second kappa shape index (κ2) is 7.66. The Morgan fingerprint density at radius 3 is 2.54 bits per heavy atom. The van der Waals surface area contributed by atoms with Gasteiger partial charge in [-0.3, -0.25) is 14.4 Å². The van der Waals surface area contributed by atoms with Gasteiger partial charge in [0.05, 0.1) is 5.41 Å². The molecule has 0 aromatic heterocycles. The van der Waals surface area contributed by atoms with Crippen molar-refractivity contribution in [1.82, 2.24) is 5.32 Å². The maximum Gasteiger partial charge on any atom is 0.310 e. The van der Waals surface area contributed by atoms with Crippen molar-refractivity contribution >= 4 is 35.1 Å². The maximum atomic E-state index is 11.9. The van der Waals surface area contributed by atoms with Crippen LogP contribution in [0, 0.1) is 12.3 Å². The van der Waals surface area contributed by atoms with Crippen molar-refractivity contribution in [2.45, 2.75) is 39.0 Å². The van der Waals surface area contributed by atoms with Crippen LogP contribution in [-0.2, 0) is 14.4 Å². The summed E-state index contributed by atoms with van der Waals surface area (Å²) in [6.07, 6.45) is 1.98. The number of carboxylic acids is 1. The molecular weight excluding hydrogens is 332 g/mol. The van der Waals surface area contributed by atoms with Crippen LogP contribution in [0.2, 0.25) is 5.02 Å². The highest BCUT2D eigenvalue weighted by Crippen LogP contribution is 2.44. The van der Waals surface area contributed by atoms with E-state index in [0.29, 0.717) is 23.6 Å². The molecule has 1 saturated carbocycles. The molecule has 0 heterocycles. The second-order valence-electron chi connectivity index (χ2n) is 6.18. The molecule has 0 unspecified atom stereocenters. The fourth-order valence-electron chi connectivity index (χ4n) is 2.71. The Balaban J connectivity index is 1.75. The van der Waals surface area contributed by atoms with Gasteiger partial charge >= 0.3 is 5.97 Å². The summed E-state index contributed by atoms with van der Waals surface area (Å²) < 4.78 is 0. The highest BCUT2D eigenvalue weighted by atomic mass is 35.5. The Bertz CT molecular complexity index is 656. The maximum absolute atomic E-state index is 11.9. The number of hydrogen-bond donors (Lipinski definition) is 3. The zero-order valence-corrected chi connectivity index (χ0v) is 14.3. The summed E-state index contributed by atoms with van der Waals surface area (Å²) in [5.41, 5.74) is 0.507. The number of carbonyl (C=O) groups excluding carboxylic acids is 2. The molecule has 0 bridgehead atoms. The number of nitrogens with one attached hydrogen (secondary N) is 2. The molecule has 7 heteroatoms. The van der Waals surface area contributed by atoms with Gasteiger partial charge in [-0.2, -0.15) is 0 Å². The lowest BCUT2D eigenvalue weighted by Gasteiger charge is -2.36. The van der Waals surface area contributed by atoms with Crippen LogP contribution in [0.5, 0.6) is 0 Å². The molecule has 1 aromatic rings. The predicted molar refractivity (Wildman–Crippen MR) is 91.0 cm³/mol. The van der Waals surface area contributed by atoms with Gasteiger partial charge in [0, 0.05) is 30.1 Å². The molecule has 0 atom stereocenters. The second-order valence-corrected chi connectivity index (χ2v) is 6.58. The van der Waals surface area contributed by atoms with E-state index >= 15 is 0 Å². The van der Waals surface area contributed by atoms with E-state index < -0.39 is 11.4 Å². The van der Waals surface area contributed by atoms with Gasteiger partial charge in [-0.1, -0.05) is 24.1 Å². The normalized spacial score (nSPS) is 15.2. The molecule has 6 nitrogen and oxygen atoms in total. The van der Waals surface area contributed by atoms with E-state index in [4.69, 9.17) is 11.6 Å². The number of carbonyl (C=O) groups is 3. The standard InChI is InChI=1S/C17H21ClN2O4/c1-11-12(18)4-2-5-13(11)20-14(21)6-9-19-15(22)10-17(16(23)24)7-3-8-17/h2,4-5H,3,6-10H2,1H3,(H,19,22)(H,20,21)(H,23,24). The van der Waals surface area contributed by atoms with E-state index in [2.05, 4.69) is 10.6 Å². The molecule has 2 rings (SSSR count). The molecule has 3 N–H and O–H groups in total. The number of halogens is 1. The topological polar surface area (TPSA) is 95.5 Å². The SMILES string of the molecule is Cc1c(Cl)cccc1NC(=O)CCNC(=O)CC1(C(=O)O)CCC1. The molecule has 1 aliphatic rings. The Kier molecular flexibility index (Phi) is 5.83. The van der Waals surface area contributed by atoms with Crippen molar-refractivity contribution in [2.24, 2.45) is 5.41 Å². The number of rotatable bonds is 7. The van der Waals surface area contributed by atoms with Crippen LogP contribution in [0.15, 0.2) is 18.2 Å². The first-order valence-electron chi connectivity index (χ1n) is 7.89. The highest BCUT2D eigenvalue weighted by molar-refractivity contribution is 6.31. The molecule has 0 saturated heterocycles. The van der Waals surface area contributed by atoms with Gasteiger partial charge in [-0.25, -0.2) is 0 Å². The molecule has 2 amide bonds. The lowest BCUT2D eigenvalue weighted by molar-refractivity contribution is -0.157. The van der Waals surface area contributed by atoms with Gasteiger partial charge in [0.1, 0.15) is 0 Å². The van der Waals surface area contributed by atoms with Gasteiger partial charge in [-0.05, 0) is 37.5 Å². The third kappa shape index (κ3) is 4.26. The average Bonchev–Trinajstić information content (AvgIpc) is 2.47. The van der Waals surface area contributed by atoms with E-state index in [1.54, 1.807) is 18.2 Å². The molecular formula is C17H21ClN2O4. The average molecular weight is 353 g/mol. The number of anilines is 1. The van der Waals surface area contributed by atoms with E-state index in [1.165, 1.54) is 0 Å². The Labute approximate surface area is 145 Å². The summed E-state index contributed by atoms with van der Waals surface area (Å²) in [6, 6.07) is 5.24. The minimum Gasteiger partial charge on any atom is -0.481 e. The lowest BCUT2D eigenvalue weighted by Crippen LogP contribution is -2.42. The third-order valence-corrected chi connectivity index (χ3v) is 4.89. The molecule has 130 valence electrons. The fourth-order valence-corrected chi connectivity index (χ4v) is 2.89. The van der Waals surface area contributed by atoms with Crippen LogP contribution in [0.3, 0.4) is 0 Å². The summed E-state index contributed by atoms with van der Waals surface area (Å²) in [6.45, 7) is 1.98. The minimum absolute atomic E-state index is 0.0304. The molecule has 0 spiro atoms. The van der Waals surface area contributed by atoms with Gasteiger partial charge < -0.3 is 15.7 Å². The Hall–Kier alpha value is -2.08.